The third kappa shape index (κ3) is 5.02. The summed E-state index contributed by atoms with van der Waals surface area (Å²) in [4.78, 5) is 29.9. The number of carbonyl (C=O) groups excluding carboxylic acids is 2. The van der Waals surface area contributed by atoms with Crippen LogP contribution in [0.4, 0.5) is 0 Å². The number of rotatable bonds is 10. The largest absolute Gasteiger partial charge is 0.507 e. The molecule has 0 bridgehead atoms. The number of aliphatic hydroxyl groups is 1. The molecule has 8 nitrogen and oxygen atoms in total. The van der Waals surface area contributed by atoms with Crippen LogP contribution >= 0.6 is 0 Å². The maximum Gasteiger partial charge on any atom is 0.295 e. The van der Waals surface area contributed by atoms with Gasteiger partial charge >= 0.3 is 0 Å². The average molecular weight is 469 g/mol. The first-order chi connectivity index (χ1) is 16.3. The van der Waals surface area contributed by atoms with Crippen molar-refractivity contribution in [1.29, 1.82) is 0 Å². The van der Waals surface area contributed by atoms with Crippen LogP contribution in [0.2, 0.25) is 0 Å². The number of hydrogen-bond donors (Lipinski definition) is 1. The molecule has 8 heteroatoms. The van der Waals surface area contributed by atoms with Gasteiger partial charge in [0.15, 0.2) is 11.5 Å². The van der Waals surface area contributed by atoms with E-state index in [2.05, 4.69) is 0 Å². The molecule has 34 heavy (non-hydrogen) atoms. The topological polar surface area (TPSA) is 88.5 Å². The average Bonchev–Trinajstić information content (AvgIpc) is 3.08. The van der Waals surface area contributed by atoms with Gasteiger partial charge in [-0.2, -0.15) is 0 Å². The molecule has 3 rings (SSSR count). The van der Waals surface area contributed by atoms with E-state index < -0.39 is 17.7 Å². The SMILES string of the molecule is CCOc1ccc(/C(O)=C2\C(=O)C(=O)N(CCCN(C)C)C2c2cccc(OC)c2OC)cc1. The molecule has 1 saturated heterocycles. The number of carbonyl (C=O) groups is 2. The van der Waals surface area contributed by atoms with E-state index in [1.165, 1.54) is 19.1 Å². The van der Waals surface area contributed by atoms with E-state index in [9.17, 15) is 14.7 Å². The lowest BCUT2D eigenvalue weighted by Gasteiger charge is -2.27. The van der Waals surface area contributed by atoms with Gasteiger partial charge < -0.3 is 29.1 Å². The summed E-state index contributed by atoms with van der Waals surface area (Å²) in [6, 6.07) is 11.2. The number of amides is 1. The zero-order valence-electron chi connectivity index (χ0n) is 20.3. The first-order valence-electron chi connectivity index (χ1n) is 11.2. The summed E-state index contributed by atoms with van der Waals surface area (Å²) in [7, 11) is 6.92. The van der Waals surface area contributed by atoms with E-state index in [-0.39, 0.29) is 11.3 Å². The van der Waals surface area contributed by atoms with Gasteiger partial charge in [-0.3, -0.25) is 9.59 Å². The zero-order chi connectivity index (χ0) is 24.8. The number of ether oxygens (including phenoxy) is 3. The summed E-state index contributed by atoms with van der Waals surface area (Å²) >= 11 is 0. The summed E-state index contributed by atoms with van der Waals surface area (Å²) in [5.41, 5.74) is 1.01. The molecule has 0 saturated carbocycles. The van der Waals surface area contributed by atoms with Crippen molar-refractivity contribution >= 4 is 17.4 Å². The van der Waals surface area contributed by atoms with Crippen LogP contribution < -0.4 is 14.2 Å². The molecular weight excluding hydrogens is 436 g/mol. The van der Waals surface area contributed by atoms with Crippen molar-refractivity contribution in [2.24, 2.45) is 0 Å². The maximum atomic E-state index is 13.2. The lowest BCUT2D eigenvalue weighted by atomic mass is 9.94. The Balaban J connectivity index is 2.15. The molecule has 1 heterocycles. The molecule has 1 amide bonds. The van der Waals surface area contributed by atoms with Crippen LogP contribution in [0.25, 0.3) is 5.76 Å². The maximum absolute atomic E-state index is 13.2. The molecule has 0 radical (unpaired) electrons. The predicted octanol–water partition coefficient (Wildman–Crippen LogP) is 3.48. The van der Waals surface area contributed by atoms with E-state index in [1.54, 1.807) is 42.5 Å². The van der Waals surface area contributed by atoms with Gasteiger partial charge in [0.2, 0.25) is 0 Å². The fourth-order valence-electron chi connectivity index (χ4n) is 4.15. The highest BCUT2D eigenvalue weighted by molar-refractivity contribution is 6.46. The number of hydrogen-bond acceptors (Lipinski definition) is 7. The van der Waals surface area contributed by atoms with Crippen LogP contribution in [0.1, 0.15) is 30.5 Å². The molecule has 2 aromatic carbocycles. The van der Waals surface area contributed by atoms with Crippen molar-refractivity contribution in [3.05, 3.63) is 59.2 Å². The molecule has 0 aromatic heterocycles. The van der Waals surface area contributed by atoms with Gasteiger partial charge in [0.1, 0.15) is 11.5 Å². The van der Waals surface area contributed by atoms with Crippen molar-refractivity contribution in [2.75, 3.05) is 48.0 Å². The third-order valence-corrected chi connectivity index (χ3v) is 5.71. The molecule has 1 N–H and O–H groups in total. The molecule has 1 unspecified atom stereocenters. The highest BCUT2D eigenvalue weighted by Gasteiger charge is 2.47. The molecule has 2 aromatic rings. The minimum absolute atomic E-state index is 0.0190. The first kappa shape index (κ1) is 25.1. The number of ketones is 1. The second-order valence-corrected chi connectivity index (χ2v) is 8.19. The third-order valence-electron chi connectivity index (χ3n) is 5.71. The normalized spacial score (nSPS) is 17.4. The monoisotopic (exact) mass is 468 g/mol. The zero-order valence-corrected chi connectivity index (χ0v) is 20.3. The highest BCUT2D eigenvalue weighted by Crippen LogP contribution is 2.45. The Bertz CT molecular complexity index is 1060. The van der Waals surface area contributed by atoms with E-state index >= 15 is 0 Å². The minimum Gasteiger partial charge on any atom is -0.507 e. The fourth-order valence-corrected chi connectivity index (χ4v) is 4.15. The summed E-state index contributed by atoms with van der Waals surface area (Å²) in [6.45, 7) is 3.48. The van der Waals surface area contributed by atoms with Crippen LogP contribution in [0.5, 0.6) is 17.2 Å². The molecule has 1 aliphatic rings. The number of aliphatic hydroxyl groups excluding tert-OH is 1. The summed E-state index contributed by atoms with van der Waals surface area (Å²) in [5, 5.41) is 11.2. The van der Waals surface area contributed by atoms with Gasteiger partial charge in [-0.05, 0) is 64.3 Å². The smallest absolute Gasteiger partial charge is 0.295 e. The second kappa shape index (κ2) is 11.1. The standard InChI is InChI=1S/C26H32N2O6/c1-6-34-18-13-11-17(12-14-18)23(29)21-22(19-9-7-10-20(32-4)25(19)33-5)28(26(31)24(21)30)16-8-15-27(2)3/h7,9-14,22,29H,6,8,15-16H2,1-5H3/b23-21+. The van der Waals surface area contributed by atoms with Gasteiger partial charge in [0.05, 0.1) is 32.4 Å². The van der Waals surface area contributed by atoms with E-state index in [1.807, 2.05) is 25.9 Å². The van der Waals surface area contributed by atoms with Gasteiger partial charge in [-0.25, -0.2) is 0 Å². The van der Waals surface area contributed by atoms with E-state index in [0.717, 1.165) is 6.54 Å². The Kier molecular flexibility index (Phi) is 8.17. The van der Waals surface area contributed by atoms with Crippen LogP contribution in [0.3, 0.4) is 0 Å². The summed E-state index contributed by atoms with van der Waals surface area (Å²) in [5.74, 6) is -0.0974. The minimum atomic E-state index is -0.821. The quantitative estimate of drug-likeness (QED) is 0.324. The van der Waals surface area contributed by atoms with Crippen LogP contribution in [0, 0.1) is 0 Å². The number of Topliss-reactive ketones (excluding diaryl/α,β-unsaturated/α-hetero) is 1. The molecule has 0 aliphatic carbocycles. The summed E-state index contributed by atoms with van der Waals surface area (Å²) in [6.07, 6.45) is 0.659. The van der Waals surface area contributed by atoms with Crippen molar-refractivity contribution in [3.8, 4) is 17.2 Å². The van der Waals surface area contributed by atoms with E-state index in [0.29, 0.717) is 47.9 Å². The Morgan fingerprint density at radius 3 is 2.35 bits per heavy atom. The number of benzene rings is 2. The molecule has 182 valence electrons. The molecule has 1 aliphatic heterocycles. The van der Waals surface area contributed by atoms with E-state index in [4.69, 9.17) is 14.2 Å². The lowest BCUT2D eigenvalue weighted by molar-refractivity contribution is -0.140. The Labute approximate surface area is 200 Å². The van der Waals surface area contributed by atoms with Gasteiger partial charge in [-0.15, -0.1) is 0 Å². The predicted molar refractivity (Wildman–Crippen MR) is 129 cm³/mol. The number of methoxy groups -OCH3 is 2. The Morgan fingerprint density at radius 1 is 1.06 bits per heavy atom. The first-order valence-corrected chi connectivity index (χ1v) is 11.2. The van der Waals surface area contributed by atoms with Crippen LogP contribution in [-0.4, -0.2) is 74.6 Å². The highest BCUT2D eigenvalue weighted by atomic mass is 16.5. The molecule has 0 spiro atoms. The second-order valence-electron chi connectivity index (χ2n) is 8.19. The van der Waals surface area contributed by atoms with Gasteiger partial charge in [0, 0.05) is 17.7 Å². The Morgan fingerprint density at radius 2 is 1.76 bits per heavy atom. The lowest BCUT2D eigenvalue weighted by Crippen LogP contribution is -2.32. The number of nitrogens with zero attached hydrogens (tertiary/aromatic N) is 2. The molecule has 1 atom stereocenters. The fraction of sp³-hybridized carbons (Fsp3) is 0.385. The van der Waals surface area contributed by atoms with Crippen molar-refractivity contribution in [3.63, 3.8) is 0 Å². The number of likely N-dealkylation sites (tertiary alicyclic amines) is 1. The van der Waals surface area contributed by atoms with Crippen molar-refractivity contribution in [2.45, 2.75) is 19.4 Å². The number of para-hydroxylation sites is 1. The summed E-state index contributed by atoms with van der Waals surface area (Å²) < 4.78 is 16.5. The van der Waals surface area contributed by atoms with Crippen molar-refractivity contribution in [1.82, 2.24) is 9.80 Å². The molecule has 1 fully saturated rings. The molecular formula is C26H32N2O6. The van der Waals surface area contributed by atoms with Gasteiger partial charge in [0.25, 0.3) is 11.7 Å². The van der Waals surface area contributed by atoms with Crippen LogP contribution in [0.15, 0.2) is 48.0 Å². The Hall–Kier alpha value is -3.52. The van der Waals surface area contributed by atoms with Gasteiger partial charge in [-0.1, -0.05) is 12.1 Å². The van der Waals surface area contributed by atoms with Crippen LogP contribution in [-0.2, 0) is 9.59 Å². The van der Waals surface area contributed by atoms with Crippen molar-refractivity contribution < 1.29 is 28.9 Å².